The molecule has 0 aliphatic carbocycles. The summed E-state index contributed by atoms with van der Waals surface area (Å²) in [5, 5.41) is 0. The predicted octanol–water partition coefficient (Wildman–Crippen LogP) is 2.73. The minimum Gasteiger partial charge on any atom is -0.324 e. The fourth-order valence-corrected chi connectivity index (χ4v) is 2.72. The largest absolute Gasteiger partial charge is 0.332 e. The van der Waals surface area contributed by atoms with Crippen molar-refractivity contribution in [3.8, 4) is 0 Å². The molecule has 5 heteroatoms. The van der Waals surface area contributed by atoms with Gasteiger partial charge in [0.2, 0.25) is 0 Å². The third-order valence-electron chi connectivity index (χ3n) is 3.30. The van der Waals surface area contributed by atoms with Crippen molar-refractivity contribution in [2.75, 3.05) is 6.16 Å². The number of rotatable bonds is 8. The van der Waals surface area contributed by atoms with Crippen LogP contribution in [0.4, 0.5) is 0 Å². The van der Waals surface area contributed by atoms with E-state index in [1.807, 2.05) is 20.8 Å². The van der Waals surface area contributed by atoms with Gasteiger partial charge in [-0.05, 0) is 19.3 Å². The average Bonchev–Trinajstić information content (AvgIpc) is 2.17. The van der Waals surface area contributed by atoms with E-state index >= 15 is 0 Å². The maximum Gasteiger partial charge on any atom is 0.332 e. The Kier molecular flexibility index (Phi) is 6.46. The highest BCUT2D eigenvalue weighted by atomic mass is 31.2. The van der Waals surface area contributed by atoms with Gasteiger partial charge in [0.25, 0.3) is 0 Å². The van der Waals surface area contributed by atoms with Gasteiger partial charge >= 0.3 is 7.60 Å². The van der Waals surface area contributed by atoms with E-state index in [1.165, 1.54) is 0 Å². The van der Waals surface area contributed by atoms with Crippen LogP contribution in [0.1, 0.15) is 52.9 Å². The second-order valence-corrected chi connectivity index (χ2v) is 5.98. The van der Waals surface area contributed by atoms with Gasteiger partial charge in [-0.1, -0.05) is 33.6 Å². The molecular formula is C11H23O4P. The lowest BCUT2D eigenvalue weighted by atomic mass is 9.75. The van der Waals surface area contributed by atoms with E-state index in [1.54, 1.807) is 0 Å². The van der Waals surface area contributed by atoms with Crippen LogP contribution in [0, 0.1) is 5.41 Å². The fourth-order valence-electron chi connectivity index (χ4n) is 2.01. The molecule has 0 spiro atoms. The summed E-state index contributed by atoms with van der Waals surface area (Å²) < 4.78 is 10.9. The van der Waals surface area contributed by atoms with Crippen LogP contribution in [0.2, 0.25) is 0 Å². The van der Waals surface area contributed by atoms with Crippen molar-refractivity contribution in [1.82, 2.24) is 0 Å². The standard InChI is InChI=1S/C11H23O4P/c1-4-7-8-11(5-2,6-3)10(12)9-16(13,14)15/h4-9H2,1-3H3,(H2,13,14,15). The Bertz CT molecular complexity index is 265. The first-order valence-corrected chi connectivity index (χ1v) is 7.69. The first-order chi connectivity index (χ1) is 7.31. The maximum absolute atomic E-state index is 12.0. The molecule has 0 fully saturated rings. The minimum absolute atomic E-state index is 0.278. The maximum atomic E-state index is 12.0. The topological polar surface area (TPSA) is 74.6 Å². The Hall–Kier alpha value is -0.180. The first kappa shape index (κ1) is 15.8. The molecule has 0 unspecified atom stereocenters. The van der Waals surface area contributed by atoms with Gasteiger partial charge in [-0.25, -0.2) is 0 Å². The number of unbranched alkanes of at least 4 members (excludes halogenated alkanes) is 1. The molecule has 0 atom stereocenters. The zero-order chi connectivity index (χ0) is 12.8. The molecule has 0 aromatic carbocycles. The van der Waals surface area contributed by atoms with E-state index in [0.717, 1.165) is 19.3 Å². The lowest BCUT2D eigenvalue weighted by Gasteiger charge is -2.30. The minimum atomic E-state index is -4.23. The van der Waals surface area contributed by atoms with Crippen molar-refractivity contribution < 1.29 is 19.1 Å². The quantitative estimate of drug-likeness (QED) is 0.649. The molecule has 0 aromatic rings. The van der Waals surface area contributed by atoms with E-state index in [2.05, 4.69) is 0 Å². The van der Waals surface area contributed by atoms with Gasteiger partial charge in [-0.2, -0.15) is 0 Å². The molecule has 0 aliphatic rings. The van der Waals surface area contributed by atoms with Crippen molar-refractivity contribution in [1.29, 1.82) is 0 Å². The normalized spacial score (nSPS) is 12.8. The summed E-state index contributed by atoms with van der Waals surface area (Å²) in [7, 11) is -4.23. The van der Waals surface area contributed by atoms with Crippen LogP contribution >= 0.6 is 7.60 Å². The molecule has 0 rings (SSSR count). The lowest BCUT2D eigenvalue weighted by Crippen LogP contribution is -2.32. The molecule has 0 heterocycles. The fraction of sp³-hybridized carbons (Fsp3) is 0.909. The number of carbonyl (C=O) groups excluding carboxylic acids is 1. The number of ketones is 1. The molecule has 0 bridgehead atoms. The van der Waals surface area contributed by atoms with Crippen molar-refractivity contribution in [3.63, 3.8) is 0 Å². The number of Topliss-reactive ketones (excluding diaryl/α,β-unsaturated/α-hetero) is 1. The predicted molar refractivity (Wildman–Crippen MR) is 64.5 cm³/mol. The van der Waals surface area contributed by atoms with Crippen LogP contribution in [-0.4, -0.2) is 21.7 Å². The van der Waals surface area contributed by atoms with E-state index in [-0.39, 0.29) is 5.78 Å². The molecule has 0 aliphatic heterocycles. The smallest absolute Gasteiger partial charge is 0.324 e. The lowest BCUT2D eigenvalue weighted by molar-refractivity contribution is -0.127. The summed E-state index contributed by atoms with van der Waals surface area (Å²) in [6.45, 7) is 5.87. The third-order valence-corrected chi connectivity index (χ3v) is 4.00. The Morgan fingerprint density at radius 3 is 2.00 bits per heavy atom. The molecule has 0 radical (unpaired) electrons. The molecule has 96 valence electrons. The molecule has 16 heavy (non-hydrogen) atoms. The molecule has 4 nitrogen and oxygen atoms in total. The molecular weight excluding hydrogens is 227 g/mol. The third kappa shape index (κ3) is 4.77. The highest BCUT2D eigenvalue weighted by Crippen LogP contribution is 2.41. The van der Waals surface area contributed by atoms with E-state index in [4.69, 9.17) is 9.79 Å². The van der Waals surface area contributed by atoms with Gasteiger partial charge in [0.1, 0.15) is 6.16 Å². The van der Waals surface area contributed by atoms with Crippen LogP contribution in [0.3, 0.4) is 0 Å². The van der Waals surface area contributed by atoms with Crippen LogP contribution in [-0.2, 0) is 9.36 Å². The average molecular weight is 250 g/mol. The number of hydrogen-bond donors (Lipinski definition) is 2. The Balaban J connectivity index is 4.75. The monoisotopic (exact) mass is 250 g/mol. The summed E-state index contributed by atoms with van der Waals surface area (Å²) in [5.74, 6) is -0.278. The van der Waals surface area contributed by atoms with Crippen LogP contribution in [0.25, 0.3) is 0 Å². The first-order valence-electron chi connectivity index (χ1n) is 5.89. The number of carbonyl (C=O) groups is 1. The SMILES string of the molecule is CCCCC(CC)(CC)C(=O)CP(=O)(O)O. The summed E-state index contributed by atoms with van der Waals surface area (Å²) >= 11 is 0. The zero-order valence-electron chi connectivity index (χ0n) is 10.4. The van der Waals surface area contributed by atoms with Crippen LogP contribution in [0.5, 0.6) is 0 Å². The van der Waals surface area contributed by atoms with Gasteiger partial charge < -0.3 is 9.79 Å². The second kappa shape index (κ2) is 6.53. The zero-order valence-corrected chi connectivity index (χ0v) is 11.3. The summed E-state index contributed by atoms with van der Waals surface area (Å²) in [5.41, 5.74) is -0.531. The Morgan fingerprint density at radius 1 is 1.19 bits per heavy atom. The second-order valence-electron chi connectivity index (χ2n) is 4.34. The summed E-state index contributed by atoms with van der Waals surface area (Å²) in [6, 6.07) is 0. The number of hydrogen-bond acceptors (Lipinski definition) is 2. The summed E-state index contributed by atoms with van der Waals surface area (Å²) in [6.07, 6.45) is 3.35. The molecule has 0 saturated heterocycles. The van der Waals surface area contributed by atoms with E-state index < -0.39 is 19.2 Å². The van der Waals surface area contributed by atoms with Gasteiger partial charge in [0.05, 0.1) is 0 Å². The molecule has 0 aromatic heterocycles. The Labute approximate surface area is 97.6 Å². The van der Waals surface area contributed by atoms with Gasteiger partial charge in [-0.15, -0.1) is 0 Å². The van der Waals surface area contributed by atoms with Crippen molar-refractivity contribution in [3.05, 3.63) is 0 Å². The summed E-state index contributed by atoms with van der Waals surface area (Å²) in [4.78, 5) is 29.7. The van der Waals surface area contributed by atoms with Crippen LogP contribution < -0.4 is 0 Å². The van der Waals surface area contributed by atoms with Gasteiger partial charge in [0, 0.05) is 5.41 Å². The van der Waals surface area contributed by atoms with E-state index in [9.17, 15) is 9.36 Å². The van der Waals surface area contributed by atoms with Gasteiger partial charge in [-0.3, -0.25) is 9.36 Å². The van der Waals surface area contributed by atoms with Crippen molar-refractivity contribution in [2.24, 2.45) is 5.41 Å². The van der Waals surface area contributed by atoms with Crippen molar-refractivity contribution in [2.45, 2.75) is 52.9 Å². The molecule has 0 saturated carbocycles. The highest BCUT2D eigenvalue weighted by Gasteiger charge is 2.37. The van der Waals surface area contributed by atoms with Crippen molar-refractivity contribution >= 4 is 13.4 Å². The molecule has 2 N–H and O–H groups in total. The Morgan fingerprint density at radius 2 is 1.69 bits per heavy atom. The van der Waals surface area contributed by atoms with E-state index in [0.29, 0.717) is 12.8 Å². The van der Waals surface area contributed by atoms with Gasteiger partial charge in [0.15, 0.2) is 5.78 Å². The highest BCUT2D eigenvalue weighted by molar-refractivity contribution is 7.52. The van der Waals surface area contributed by atoms with Crippen LogP contribution in [0.15, 0.2) is 0 Å². The molecule has 0 amide bonds.